The molecule has 1 atom stereocenters. The number of benzene rings is 4. The van der Waals surface area contributed by atoms with Crippen LogP contribution in [0.15, 0.2) is 108 Å². The number of non-ortho nitro benzene ring substituents is 1. The Morgan fingerprint density at radius 2 is 1.60 bits per heavy atom. The highest BCUT2D eigenvalue weighted by Gasteiger charge is 2.35. The number of halogens is 2. The number of carbonyl (C=O) groups excluding carboxylic acids is 2. The molecule has 4 aromatic carbocycles. The van der Waals surface area contributed by atoms with Crippen molar-refractivity contribution in [2.24, 2.45) is 0 Å². The Hall–Kier alpha value is -4.45. The first-order valence-electron chi connectivity index (χ1n) is 14.9. The minimum Gasteiger partial charge on any atom is -0.354 e. The SMILES string of the molecule is CCCCNC(=O)[C@@H](Cc1ccccc1)N(Cc1ccc(Cl)cc1Cl)C(=O)CN(c1cccc([N+](=O)[O-])c1)S(=O)(=O)c1ccccc1. The number of rotatable bonds is 15. The number of anilines is 1. The fraction of sp³-hybridized carbons (Fsp3) is 0.235. The third kappa shape index (κ3) is 9.31. The molecule has 0 aliphatic rings. The zero-order valence-corrected chi connectivity index (χ0v) is 27.9. The van der Waals surface area contributed by atoms with Gasteiger partial charge in [-0.15, -0.1) is 0 Å². The van der Waals surface area contributed by atoms with E-state index in [0.717, 1.165) is 28.8 Å². The van der Waals surface area contributed by atoms with Crippen molar-refractivity contribution in [1.82, 2.24) is 10.2 Å². The summed E-state index contributed by atoms with van der Waals surface area (Å²) in [6, 6.07) is 25.3. The number of hydrogen-bond acceptors (Lipinski definition) is 6. The average Bonchev–Trinajstić information content (AvgIpc) is 3.06. The van der Waals surface area contributed by atoms with Crippen molar-refractivity contribution in [1.29, 1.82) is 0 Å². The van der Waals surface area contributed by atoms with Crippen molar-refractivity contribution >= 4 is 56.4 Å². The fourth-order valence-electron chi connectivity index (χ4n) is 4.90. The van der Waals surface area contributed by atoms with Crippen molar-refractivity contribution in [3.63, 3.8) is 0 Å². The van der Waals surface area contributed by atoms with Gasteiger partial charge in [0.15, 0.2) is 0 Å². The van der Waals surface area contributed by atoms with E-state index in [0.29, 0.717) is 17.1 Å². The van der Waals surface area contributed by atoms with E-state index in [1.54, 1.807) is 18.2 Å². The molecule has 2 amide bonds. The van der Waals surface area contributed by atoms with Crippen molar-refractivity contribution in [2.45, 2.75) is 43.7 Å². The minimum absolute atomic E-state index is 0.0899. The number of nitrogens with one attached hydrogen (secondary N) is 1. The molecule has 0 bridgehead atoms. The van der Waals surface area contributed by atoms with E-state index in [1.165, 1.54) is 53.4 Å². The number of unbranched alkanes of at least 4 members (excludes halogenated alkanes) is 1. The number of nitro groups is 1. The normalized spacial score (nSPS) is 11.8. The van der Waals surface area contributed by atoms with Gasteiger partial charge in [0.2, 0.25) is 11.8 Å². The van der Waals surface area contributed by atoms with Gasteiger partial charge in [-0.05, 0) is 47.9 Å². The van der Waals surface area contributed by atoms with Crippen LogP contribution in [-0.4, -0.2) is 49.2 Å². The van der Waals surface area contributed by atoms with Crippen LogP contribution in [0.5, 0.6) is 0 Å². The molecule has 13 heteroatoms. The monoisotopic (exact) mass is 696 g/mol. The smallest absolute Gasteiger partial charge is 0.271 e. The van der Waals surface area contributed by atoms with Crippen LogP contribution in [0.3, 0.4) is 0 Å². The molecule has 246 valence electrons. The Bertz CT molecular complexity index is 1810. The molecule has 4 aromatic rings. The standard InChI is InChI=1S/C34H34Cl2N4O6S/c1-2-3-19-37-34(42)32(20-25-11-6-4-7-12-25)38(23-26-17-18-27(35)21-31(26)36)33(41)24-39(28-13-10-14-29(22-28)40(43)44)47(45,46)30-15-8-5-9-16-30/h4-18,21-22,32H,2-3,19-20,23-24H2,1H3,(H,37,42)/t32-/m1/s1. The lowest BCUT2D eigenvalue weighted by Crippen LogP contribution is -2.53. The van der Waals surface area contributed by atoms with Crippen LogP contribution in [0.25, 0.3) is 0 Å². The van der Waals surface area contributed by atoms with E-state index >= 15 is 0 Å². The Morgan fingerprint density at radius 3 is 2.23 bits per heavy atom. The van der Waals surface area contributed by atoms with Gasteiger partial charge in [-0.2, -0.15) is 0 Å². The van der Waals surface area contributed by atoms with Crippen LogP contribution in [0.1, 0.15) is 30.9 Å². The van der Waals surface area contributed by atoms with E-state index in [2.05, 4.69) is 5.32 Å². The molecular formula is C34H34Cl2N4O6S. The van der Waals surface area contributed by atoms with Crippen LogP contribution in [-0.2, 0) is 32.6 Å². The van der Waals surface area contributed by atoms with Crippen molar-refractivity contribution < 1.29 is 22.9 Å². The van der Waals surface area contributed by atoms with Gasteiger partial charge in [-0.25, -0.2) is 8.42 Å². The Kier molecular flexibility index (Phi) is 12.4. The highest BCUT2D eigenvalue weighted by Crippen LogP contribution is 2.29. The lowest BCUT2D eigenvalue weighted by Gasteiger charge is -2.34. The highest BCUT2D eigenvalue weighted by molar-refractivity contribution is 7.92. The van der Waals surface area contributed by atoms with Crippen LogP contribution in [0.4, 0.5) is 11.4 Å². The summed E-state index contributed by atoms with van der Waals surface area (Å²) in [6.07, 6.45) is 1.68. The summed E-state index contributed by atoms with van der Waals surface area (Å²) >= 11 is 12.7. The van der Waals surface area contributed by atoms with E-state index in [4.69, 9.17) is 23.2 Å². The average molecular weight is 698 g/mol. The Balaban J connectivity index is 1.83. The Labute approximate surface area is 284 Å². The molecule has 0 aliphatic heterocycles. The number of hydrogen-bond donors (Lipinski definition) is 1. The summed E-state index contributed by atoms with van der Waals surface area (Å²) in [5.74, 6) is -1.15. The molecule has 0 heterocycles. The highest BCUT2D eigenvalue weighted by atomic mass is 35.5. The van der Waals surface area contributed by atoms with E-state index < -0.39 is 39.3 Å². The van der Waals surface area contributed by atoms with E-state index in [-0.39, 0.29) is 34.3 Å². The molecule has 0 aromatic heterocycles. The summed E-state index contributed by atoms with van der Waals surface area (Å²) in [5, 5.41) is 15.2. The minimum atomic E-state index is -4.42. The van der Waals surface area contributed by atoms with Gasteiger partial charge in [0.1, 0.15) is 12.6 Å². The molecule has 0 fully saturated rings. The molecular weight excluding hydrogens is 663 g/mol. The lowest BCUT2D eigenvalue weighted by atomic mass is 10.0. The molecule has 0 aliphatic carbocycles. The van der Waals surface area contributed by atoms with Gasteiger partial charge in [0.05, 0.1) is 15.5 Å². The first-order chi connectivity index (χ1) is 22.5. The number of nitro benzene ring substituents is 1. The molecule has 0 saturated carbocycles. The van der Waals surface area contributed by atoms with Gasteiger partial charge in [0.25, 0.3) is 15.7 Å². The van der Waals surface area contributed by atoms with E-state index in [1.807, 2.05) is 37.3 Å². The molecule has 47 heavy (non-hydrogen) atoms. The number of amides is 2. The second-order valence-corrected chi connectivity index (χ2v) is 13.4. The van der Waals surface area contributed by atoms with Gasteiger partial charge in [0, 0.05) is 41.7 Å². The molecule has 1 N–H and O–H groups in total. The number of nitrogens with zero attached hydrogens (tertiary/aromatic N) is 3. The lowest BCUT2D eigenvalue weighted by molar-refractivity contribution is -0.384. The first kappa shape index (κ1) is 35.4. The van der Waals surface area contributed by atoms with Gasteiger partial charge in [-0.3, -0.25) is 24.0 Å². The van der Waals surface area contributed by atoms with Gasteiger partial charge < -0.3 is 10.2 Å². The largest absolute Gasteiger partial charge is 0.354 e. The molecule has 0 saturated heterocycles. The van der Waals surface area contributed by atoms with Crippen molar-refractivity contribution in [3.8, 4) is 0 Å². The maximum absolute atomic E-state index is 14.5. The topological polar surface area (TPSA) is 130 Å². The van der Waals surface area contributed by atoms with Gasteiger partial charge in [-0.1, -0.05) is 97.2 Å². The summed E-state index contributed by atoms with van der Waals surface area (Å²) < 4.78 is 28.9. The number of carbonyl (C=O) groups is 2. The predicted molar refractivity (Wildman–Crippen MR) is 183 cm³/mol. The van der Waals surface area contributed by atoms with Crippen LogP contribution >= 0.6 is 23.2 Å². The van der Waals surface area contributed by atoms with E-state index in [9.17, 15) is 28.1 Å². The summed E-state index contributed by atoms with van der Waals surface area (Å²) in [4.78, 5) is 40.5. The van der Waals surface area contributed by atoms with Crippen LogP contribution < -0.4 is 9.62 Å². The third-order valence-electron chi connectivity index (χ3n) is 7.40. The molecule has 10 nitrogen and oxygen atoms in total. The summed E-state index contributed by atoms with van der Waals surface area (Å²) in [7, 11) is -4.42. The zero-order chi connectivity index (χ0) is 34.0. The second kappa shape index (κ2) is 16.4. The predicted octanol–water partition coefficient (Wildman–Crippen LogP) is 6.65. The summed E-state index contributed by atoms with van der Waals surface area (Å²) in [6.45, 7) is 1.45. The molecule has 0 spiro atoms. The zero-order valence-electron chi connectivity index (χ0n) is 25.6. The maximum atomic E-state index is 14.5. The van der Waals surface area contributed by atoms with Crippen molar-refractivity contribution in [2.75, 3.05) is 17.4 Å². The first-order valence-corrected chi connectivity index (χ1v) is 17.1. The van der Waals surface area contributed by atoms with Gasteiger partial charge >= 0.3 is 0 Å². The molecule has 4 rings (SSSR count). The van der Waals surface area contributed by atoms with Crippen LogP contribution in [0, 0.1) is 10.1 Å². The number of sulfonamides is 1. The maximum Gasteiger partial charge on any atom is 0.271 e. The van der Waals surface area contributed by atoms with Crippen LogP contribution in [0.2, 0.25) is 10.0 Å². The third-order valence-corrected chi connectivity index (χ3v) is 9.77. The van der Waals surface area contributed by atoms with Crippen molar-refractivity contribution in [3.05, 3.63) is 134 Å². The fourth-order valence-corrected chi connectivity index (χ4v) is 6.80. The Morgan fingerprint density at radius 1 is 0.915 bits per heavy atom. The molecule has 0 unspecified atom stereocenters. The summed E-state index contributed by atoms with van der Waals surface area (Å²) in [5.41, 5.74) is 0.811. The second-order valence-electron chi connectivity index (χ2n) is 10.7. The quantitative estimate of drug-likeness (QED) is 0.0841. The molecule has 0 radical (unpaired) electrons.